The Morgan fingerprint density at radius 2 is 2.20 bits per heavy atom. The summed E-state index contributed by atoms with van der Waals surface area (Å²) in [5.74, 6) is -1.05. The fraction of sp³-hybridized carbons (Fsp3) is 0.500. The summed E-state index contributed by atoms with van der Waals surface area (Å²) in [7, 11) is 0. The highest BCUT2D eigenvalue weighted by Crippen LogP contribution is 2.24. The number of anilines is 1. The third-order valence-corrected chi connectivity index (χ3v) is 3.46. The predicted molar refractivity (Wildman–Crippen MR) is 71.7 cm³/mol. The average molecular weight is 280 g/mol. The molecule has 2 rings (SSSR count). The lowest BCUT2D eigenvalue weighted by Gasteiger charge is -2.29. The van der Waals surface area contributed by atoms with Crippen LogP contribution in [-0.2, 0) is 0 Å². The molecular weight excluding hydrogens is 264 g/mol. The highest BCUT2D eigenvalue weighted by molar-refractivity contribution is 5.93. The highest BCUT2D eigenvalue weighted by Gasteiger charge is 2.24. The number of nitrogens with one attached hydrogen (secondary N) is 1. The quantitative estimate of drug-likeness (QED) is 0.560. The second-order valence-corrected chi connectivity index (χ2v) is 4.85. The molecule has 20 heavy (non-hydrogen) atoms. The molecule has 0 amide bonds. The first-order valence-electron chi connectivity index (χ1n) is 6.39. The van der Waals surface area contributed by atoms with Gasteiger partial charge >= 0.3 is 11.7 Å². The molecule has 1 aromatic rings. The van der Waals surface area contributed by atoms with Crippen molar-refractivity contribution in [3.63, 3.8) is 0 Å². The van der Waals surface area contributed by atoms with Crippen molar-refractivity contribution in [1.29, 1.82) is 0 Å². The monoisotopic (exact) mass is 280 g/mol. The number of nitro groups is 1. The number of nitrogens with two attached hydrogens (primary N) is 1. The van der Waals surface area contributed by atoms with Gasteiger partial charge in [-0.25, -0.2) is 9.78 Å². The molecule has 8 heteroatoms. The van der Waals surface area contributed by atoms with Crippen LogP contribution in [0, 0.1) is 10.1 Å². The number of aromatic carboxylic acids is 1. The molecule has 1 fully saturated rings. The second-order valence-electron chi connectivity index (χ2n) is 4.85. The van der Waals surface area contributed by atoms with E-state index in [1.165, 1.54) is 6.07 Å². The minimum absolute atomic E-state index is 0.0133. The number of carbonyl (C=O) groups is 1. The second kappa shape index (κ2) is 5.83. The minimum atomic E-state index is -1.35. The van der Waals surface area contributed by atoms with E-state index in [9.17, 15) is 14.9 Å². The zero-order valence-corrected chi connectivity index (χ0v) is 10.8. The molecule has 2 atom stereocenters. The van der Waals surface area contributed by atoms with Crippen molar-refractivity contribution >= 4 is 17.5 Å². The minimum Gasteiger partial charge on any atom is -0.477 e. The molecule has 8 nitrogen and oxygen atoms in total. The van der Waals surface area contributed by atoms with E-state index in [4.69, 9.17) is 10.8 Å². The topological polar surface area (TPSA) is 131 Å². The number of carboxylic acid groups (broad SMARTS) is 1. The highest BCUT2D eigenvalue weighted by atomic mass is 16.6. The predicted octanol–water partition coefficient (Wildman–Crippen LogP) is 1.37. The van der Waals surface area contributed by atoms with Crippen molar-refractivity contribution in [2.75, 3.05) is 5.32 Å². The summed E-state index contributed by atoms with van der Waals surface area (Å²) in [5.41, 5.74) is 5.09. The van der Waals surface area contributed by atoms with E-state index in [0.29, 0.717) is 5.82 Å². The van der Waals surface area contributed by atoms with Crippen LogP contribution in [-0.4, -0.2) is 33.1 Å². The lowest BCUT2D eigenvalue weighted by Crippen LogP contribution is -2.42. The van der Waals surface area contributed by atoms with Crippen molar-refractivity contribution in [2.45, 2.75) is 37.8 Å². The van der Waals surface area contributed by atoms with Gasteiger partial charge in [0.05, 0.1) is 4.92 Å². The summed E-state index contributed by atoms with van der Waals surface area (Å²) in [4.78, 5) is 24.9. The molecular formula is C12H16N4O4. The zero-order chi connectivity index (χ0) is 14.7. The summed E-state index contributed by atoms with van der Waals surface area (Å²) in [5, 5.41) is 22.8. The van der Waals surface area contributed by atoms with Gasteiger partial charge in [0.2, 0.25) is 0 Å². The van der Waals surface area contributed by atoms with Crippen LogP contribution in [0.2, 0.25) is 0 Å². The van der Waals surface area contributed by atoms with Crippen molar-refractivity contribution in [2.24, 2.45) is 5.73 Å². The Bertz CT molecular complexity index is 534. The molecule has 108 valence electrons. The number of hydrogen-bond acceptors (Lipinski definition) is 6. The van der Waals surface area contributed by atoms with Gasteiger partial charge in [0, 0.05) is 18.2 Å². The molecule has 1 saturated carbocycles. The zero-order valence-electron chi connectivity index (χ0n) is 10.8. The Morgan fingerprint density at radius 3 is 2.80 bits per heavy atom. The van der Waals surface area contributed by atoms with Crippen LogP contribution in [0.3, 0.4) is 0 Å². The first-order valence-corrected chi connectivity index (χ1v) is 6.39. The number of rotatable bonds is 4. The Morgan fingerprint density at radius 1 is 1.50 bits per heavy atom. The van der Waals surface area contributed by atoms with Crippen LogP contribution in [0.25, 0.3) is 0 Å². The SMILES string of the molecule is NC1CCCCC1Nc1cc(C(=O)O)c([N+](=O)[O-])cn1. The maximum absolute atomic E-state index is 11.1. The van der Waals surface area contributed by atoms with Crippen LogP contribution in [0.1, 0.15) is 36.0 Å². The molecule has 0 bridgehead atoms. The molecule has 4 N–H and O–H groups in total. The lowest BCUT2D eigenvalue weighted by molar-refractivity contribution is -0.385. The molecule has 1 heterocycles. The summed E-state index contributed by atoms with van der Waals surface area (Å²) in [6.45, 7) is 0. The van der Waals surface area contributed by atoms with E-state index >= 15 is 0 Å². The van der Waals surface area contributed by atoms with Crippen LogP contribution >= 0.6 is 0 Å². The van der Waals surface area contributed by atoms with Gasteiger partial charge in [-0.1, -0.05) is 12.8 Å². The third-order valence-electron chi connectivity index (χ3n) is 3.46. The third kappa shape index (κ3) is 3.02. The number of nitrogens with zero attached hydrogens (tertiary/aromatic N) is 2. The lowest BCUT2D eigenvalue weighted by atomic mass is 9.91. The Kier molecular flexibility index (Phi) is 4.14. The van der Waals surface area contributed by atoms with Crippen LogP contribution in [0.4, 0.5) is 11.5 Å². The number of hydrogen-bond donors (Lipinski definition) is 3. The van der Waals surface area contributed by atoms with Crippen LogP contribution in [0.5, 0.6) is 0 Å². The smallest absolute Gasteiger partial charge is 0.342 e. The maximum atomic E-state index is 11.1. The molecule has 1 aromatic heterocycles. The van der Waals surface area contributed by atoms with Gasteiger partial charge < -0.3 is 16.2 Å². The molecule has 1 aliphatic carbocycles. The molecule has 0 saturated heterocycles. The van der Waals surface area contributed by atoms with Gasteiger partial charge in [0.15, 0.2) is 0 Å². The first kappa shape index (κ1) is 14.2. The van der Waals surface area contributed by atoms with Gasteiger partial charge in [0.25, 0.3) is 0 Å². The summed E-state index contributed by atoms with van der Waals surface area (Å²) in [6.07, 6.45) is 4.86. The van der Waals surface area contributed by atoms with E-state index < -0.39 is 16.6 Å². The summed E-state index contributed by atoms with van der Waals surface area (Å²) < 4.78 is 0. The van der Waals surface area contributed by atoms with Gasteiger partial charge in [0.1, 0.15) is 17.6 Å². The van der Waals surface area contributed by atoms with Crippen molar-refractivity contribution < 1.29 is 14.8 Å². The van der Waals surface area contributed by atoms with Gasteiger partial charge in [-0.05, 0) is 12.8 Å². The summed E-state index contributed by atoms with van der Waals surface area (Å²) in [6, 6.07) is 1.18. The van der Waals surface area contributed by atoms with E-state index in [1.807, 2.05) is 0 Å². The van der Waals surface area contributed by atoms with Gasteiger partial charge in [-0.3, -0.25) is 10.1 Å². The summed E-state index contributed by atoms with van der Waals surface area (Å²) >= 11 is 0. The fourth-order valence-corrected chi connectivity index (χ4v) is 2.37. The number of carboxylic acids is 1. The van der Waals surface area contributed by atoms with Crippen molar-refractivity contribution in [3.05, 3.63) is 27.9 Å². The Hall–Kier alpha value is -2.22. The van der Waals surface area contributed by atoms with E-state index in [2.05, 4.69) is 10.3 Å². The Balaban J connectivity index is 2.22. The van der Waals surface area contributed by atoms with Gasteiger partial charge in [-0.2, -0.15) is 0 Å². The molecule has 0 aromatic carbocycles. The molecule has 0 radical (unpaired) electrons. The molecule has 1 aliphatic rings. The fourth-order valence-electron chi connectivity index (χ4n) is 2.37. The molecule has 2 unspecified atom stereocenters. The Labute approximate surface area is 115 Å². The van der Waals surface area contributed by atoms with Crippen LogP contribution < -0.4 is 11.1 Å². The van der Waals surface area contributed by atoms with E-state index in [0.717, 1.165) is 31.9 Å². The van der Waals surface area contributed by atoms with Crippen molar-refractivity contribution in [3.8, 4) is 0 Å². The first-order chi connectivity index (χ1) is 9.49. The maximum Gasteiger partial charge on any atom is 0.342 e. The average Bonchev–Trinajstić information content (AvgIpc) is 2.41. The van der Waals surface area contributed by atoms with E-state index in [-0.39, 0.29) is 17.6 Å². The van der Waals surface area contributed by atoms with Gasteiger partial charge in [-0.15, -0.1) is 0 Å². The standard InChI is InChI=1S/C12H16N4O4/c13-8-3-1-2-4-9(8)15-11-5-7(12(17)18)10(6-14-11)16(19)20/h5-6,8-9H,1-4,13H2,(H,14,15)(H,17,18). The number of aromatic nitrogens is 1. The van der Waals surface area contributed by atoms with E-state index in [1.54, 1.807) is 0 Å². The normalized spacial score (nSPS) is 22.2. The molecule has 0 aliphatic heterocycles. The molecule has 0 spiro atoms. The van der Waals surface area contributed by atoms with Crippen LogP contribution in [0.15, 0.2) is 12.3 Å². The largest absolute Gasteiger partial charge is 0.477 e. The van der Waals surface area contributed by atoms with Crippen molar-refractivity contribution in [1.82, 2.24) is 4.98 Å². The number of pyridine rings is 1.